The molecule has 0 aliphatic carbocycles. The van der Waals surface area contributed by atoms with Gasteiger partial charge in [0.1, 0.15) is 18.1 Å². The molecule has 0 saturated carbocycles. The van der Waals surface area contributed by atoms with Gasteiger partial charge in [-0.2, -0.15) is 0 Å². The number of hydrogen-bond acceptors (Lipinski definition) is 3. The van der Waals surface area contributed by atoms with Crippen LogP contribution in [-0.4, -0.2) is 24.7 Å². The second-order valence-corrected chi connectivity index (χ2v) is 7.06. The van der Waals surface area contributed by atoms with E-state index in [2.05, 4.69) is 11.4 Å². The Bertz CT molecular complexity index is 921. The third-order valence-corrected chi connectivity index (χ3v) is 4.57. The second kappa shape index (κ2) is 9.27. The molecule has 0 aliphatic heterocycles. The standard InChI is InChI=1S/C24H27NO3/c1-4-23(28-22-14-11-19-7-5-6-8-20(19)15-22)24(26)25-18(3)16-27-21-12-9-17(2)10-13-21/h5-15,18,23H,4,16H2,1-3H3,(H,25,26). The minimum Gasteiger partial charge on any atom is -0.491 e. The van der Waals surface area contributed by atoms with Gasteiger partial charge in [-0.1, -0.05) is 55.0 Å². The Morgan fingerprint density at radius 2 is 1.64 bits per heavy atom. The third kappa shape index (κ3) is 5.26. The van der Waals surface area contributed by atoms with E-state index in [1.807, 2.05) is 81.4 Å². The lowest BCUT2D eigenvalue weighted by Gasteiger charge is -2.21. The van der Waals surface area contributed by atoms with E-state index in [0.29, 0.717) is 18.8 Å². The number of fused-ring (bicyclic) bond motifs is 1. The van der Waals surface area contributed by atoms with Crippen LogP contribution in [0.2, 0.25) is 0 Å². The van der Waals surface area contributed by atoms with Gasteiger partial charge in [-0.05, 0) is 55.3 Å². The van der Waals surface area contributed by atoms with E-state index in [1.54, 1.807) is 0 Å². The number of nitrogens with one attached hydrogen (secondary N) is 1. The minimum atomic E-state index is -0.539. The Morgan fingerprint density at radius 3 is 2.36 bits per heavy atom. The molecule has 0 bridgehead atoms. The fourth-order valence-corrected chi connectivity index (χ4v) is 2.96. The number of ether oxygens (including phenoxy) is 2. The fraction of sp³-hybridized carbons (Fsp3) is 0.292. The zero-order chi connectivity index (χ0) is 19.9. The highest BCUT2D eigenvalue weighted by Crippen LogP contribution is 2.22. The molecule has 0 spiro atoms. The smallest absolute Gasteiger partial charge is 0.261 e. The topological polar surface area (TPSA) is 47.6 Å². The van der Waals surface area contributed by atoms with Crippen LogP contribution in [0.4, 0.5) is 0 Å². The summed E-state index contributed by atoms with van der Waals surface area (Å²) in [6, 6.07) is 21.7. The number of aryl methyl sites for hydroxylation is 1. The number of hydrogen-bond donors (Lipinski definition) is 1. The first kappa shape index (κ1) is 19.7. The zero-order valence-electron chi connectivity index (χ0n) is 16.6. The summed E-state index contributed by atoms with van der Waals surface area (Å²) in [5, 5.41) is 5.22. The van der Waals surface area contributed by atoms with Gasteiger partial charge in [-0.3, -0.25) is 4.79 Å². The van der Waals surface area contributed by atoms with Crippen molar-refractivity contribution in [2.45, 2.75) is 39.3 Å². The Kier molecular flexibility index (Phi) is 6.53. The maximum absolute atomic E-state index is 12.6. The van der Waals surface area contributed by atoms with Gasteiger partial charge in [-0.25, -0.2) is 0 Å². The molecule has 0 saturated heterocycles. The van der Waals surface area contributed by atoms with Crippen LogP contribution >= 0.6 is 0 Å². The molecule has 0 radical (unpaired) electrons. The second-order valence-electron chi connectivity index (χ2n) is 7.06. The van der Waals surface area contributed by atoms with Crippen molar-refractivity contribution in [1.29, 1.82) is 0 Å². The highest BCUT2D eigenvalue weighted by Gasteiger charge is 2.20. The minimum absolute atomic E-state index is 0.122. The summed E-state index contributed by atoms with van der Waals surface area (Å²) in [4.78, 5) is 12.6. The molecule has 1 N–H and O–H groups in total. The SMILES string of the molecule is CCC(Oc1ccc2ccccc2c1)C(=O)NC(C)COc1ccc(C)cc1. The molecular formula is C24H27NO3. The number of carbonyl (C=O) groups is 1. The maximum atomic E-state index is 12.6. The zero-order valence-corrected chi connectivity index (χ0v) is 16.6. The van der Waals surface area contributed by atoms with Crippen LogP contribution in [-0.2, 0) is 4.79 Å². The van der Waals surface area contributed by atoms with Crippen molar-refractivity contribution in [2.75, 3.05) is 6.61 Å². The van der Waals surface area contributed by atoms with Gasteiger partial charge in [0.05, 0.1) is 6.04 Å². The van der Waals surface area contributed by atoms with Crippen LogP contribution in [0.15, 0.2) is 66.7 Å². The lowest BCUT2D eigenvalue weighted by molar-refractivity contribution is -0.128. The van der Waals surface area contributed by atoms with Crippen molar-refractivity contribution < 1.29 is 14.3 Å². The van der Waals surface area contributed by atoms with Gasteiger partial charge in [0.25, 0.3) is 5.91 Å². The molecule has 0 aliphatic rings. The third-order valence-electron chi connectivity index (χ3n) is 4.57. The summed E-state index contributed by atoms with van der Waals surface area (Å²) in [6.07, 6.45) is 0.0486. The van der Waals surface area contributed by atoms with Crippen LogP contribution in [0.25, 0.3) is 10.8 Å². The van der Waals surface area contributed by atoms with E-state index in [0.717, 1.165) is 16.5 Å². The molecule has 3 aromatic rings. The van der Waals surface area contributed by atoms with E-state index in [1.165, 1.54) is 5.56 Å². The first-order valence-electron chi connectivity index (χ1n) is 9.70. The van der Waals surface area contributed by atoms with Gasteiger partial charge < -0.3 is 14.8 Å². The molecule has 0 fully saturated rings. The number of benzene rings is 3. The lowest BCUT2D eigenvalue weighted by atomic mass is 10.1. The normalized spacial score (nSPS) is 13.0. The van der Waals surface area contributed by atoms with E-state index in [9.17, 15) is 4.79 Å². The Balaban J connectivity index is 1.55. The van der Waals surface area contributed by atoms with Crippen LogP contribution in [0.1, 0.15) is 25.8 Å². The van der Waals surface area contributed by atoms with Crippen molar-refractivity contribution in [2.24, 2.45) is 0 Å². The van der Waals surface area contributed by atoms with Crippen LogP contribution < -0.4 is 14.8 Å². The Hall–Kier alpha value is -3.01. The van der Waals surface area contributed by atoms with E-state index in [-0.39, 0.29) is 11.9 Å². The molecule has 146 valence electrons. The predicted molar refractivity (Wildman–Crippen MR) is 113 cm³/mol. The molecule has 3 rings (SSSR count). The van der Waals surface area contributed by atoms with Crippen molar-refractivity contribution >= 4 is 16.7 Å². The first-order valence-corrected chi connectivity index (χ1v) is 9.70. The molecule has 0 heterocycles. The van der Waals surface area contributed by atoms with Gasteiger partial charge in [0, 0.05) is 0 Å². The molecule has 0 aromatic heterocycles. The van der Waals surface area contributed by atoms with E-state index >= 15 is 0 Å². The number of carbonyl (C=O) groups excluding carboxylic acids is 1. The van der Waals surface area contributed by atoms with Crippen molar-refractivity contribution in [3.8, 4) is 11.5 Å². The van der Waals surface area contributed by atoms with Crippen molar-refractivity contribution in [3.05, 3.63) is 72.3 Å². The van der Waals surface area contributed by atoms with Crippen LogP contribution in [0.5, 0.6) is 11.5 Å². The average Bonchev–Trinajstić information content (AvgIpc) is 2.71. The molecule has 4 nitrogen and oxygen atoms in total. The molecule has 2 unspecified atom stereocenters. The molecule has 4 heteroatoms. The summed E-state index contributed by atoms with van der Waals surface area (Å²) in [6.45, 7) is 6.31. The molecule has 2 atom stereocenters. The quantitative estimate of drug-likeness (QED) is 0.608. The summed E-state index contributed by atoms with van der Waals surface area (Å²) < 4.78 is 11.7. The summed E-state index contributed by atoms with van der Waals surface area (Å²) >= 11 is 0. The lowest BCUT2D eigenvalue weighted by Crippen LogP contribution is -2.44. The first-order chi connectivity index (χ1) is 13.5. The van der Waals surface area contributed by atoms with Gasteiger partial charge >= 0.3 is 0 Å². The molecule has 1 amide bonds. The van der Waals surface area contributed by atoms with Gasteiger partial charge in [0.15, 0.2) is 6.10 Å². The average molecular weight is 377 g/mol. The maximum Gasteiger partial charge on any atom is 0.261 e. The monoisotopic (exact) mass is 377 g/mol. The van der Waals surface area contributed by atoms with Gasteiger partial charge in [0.2, 0.25) is 0 Å². The molecule has 28 heavy (non-hydrogen) atoms. The van der Waals surface area contributed by atoms with Crippen molar-refractivity contribution in [3.63, 3.8) is 0 Å². The fourth-order valence-electron chi connectivity index (χ4n) is 2.96. The van der Waals surface area contributed by atoms with E-state index < -0.39 is 6.10 Å². The Morgan fingerprint density at radius 1 is 0.964 bits per heavy atom. The van der Waals surface area contributed by atoms with Gasteiger partial charge in [-0.15, -0.1) is 0 Å². The summed E-state index contributed by atoms with van der Waals surface area (Å²) in [5.74, 6) is 1.37. The number of amides is 1. The molecular weight excluding hydrogens is 350 g/mol. The van der Waals surface area contributed by atoms with Crippen molar-refractivity contribution in [1.82, 2.24) is 5.32 Å². The highest BCUT2D eigenvalue weighted by atomic mass is 16.5. The van der Waals surface area contributed by atoms with Crippen LogP contribution in [0, 0.1) is 6.92 Å². The predicted octanol–water partition coefficient (Wildman–Crippen LogP) is 4.89. The molecule has 3 aromatic carbocycles. The largest absolute Gasteiger partial charge is 0.491 e. The summed E-state index contributed by atoms with van der Waals surface area (Å²) in [7, 11) is 0. The van der Waals surface area contributed by atoms with E-state index in [4.69, 9.17) is 9.47 Å². The van der Waals surface area contributed by atoms with Crippen LogP contribution in [0.3, 0.4) is 0 Å². The summed E-state index contributed by atoms with van der Waals surface area (Å²) in [5.41, 5.74) is 1.19. The number of rotatable bonds is 8. The Labute approximate surface area is 166 Å². The highest BCUT2D eigenvalue weighted by molar-refractivity contribution is 5.84.